The van der Waals surface area contributed by atoms with Gasteiger partial charge in [0.05, 0.1) is 0 Å². The van der Waals surface area contributed by atoms with E-state index in [1.807, 2.05) is 0 Å². The van der Waals surface area contributed by atoms with E-state index in [0.29, 0.717) is 0 Å². The maximum absolute atomic E-state index is 3.19. The number of hydrogen-bond acceptors (Lipinski definition) is 0. The van der Waals surface area contributed by atoms with Gasteiger partial charge in [-0.25, -0.2) is 0 Å². The van der Waals surface area contributed by atoms with E-state index in [2.05, 4.69) is 38.7 Å². The molecule has 0 bridgehead atoms. The van der Waals surface area contributed by atoms with E-state index in [1.54, 1.807) is 0 Å². The van der Waals surface area contributed by atoms with Crippen molar-refractivity contribution in [3.63, 3.8) is 0 Å². The van der Waals surface area contributed by atoms with Gasteiger partial charge in [0.15, 0.2) is 0 Å². The smallest absolute Gasteiger partial charge is 0.00911 e. The first-order valence-electron chi connectivity index (χ1n) is 5.15. The van der Waals surface area contributed by atoms with Crippen molar-refractivity contribution in [2.75, 3.05) is 0 Å². The van der Waals surface area contributed by atoms with E-state index in [1.165, 1.54) is 19.3 Å². The van der Waals surface area contributed by atoms with Crippen molar-refractivity contribution in [3.8, 4) is 0 Å². The Morgan fingerprint density at radius 2 is 2.25 bits per heavy atom. The van der Waals surface area contributed by atoms with Crippen LogP contribution in [-0.4, -0.2) is 0 Å². The minimum absolute atomic E-state index is 0.777. The van der Waals surface area contributed by atoms with Crippen molar-refractivity contribution in [1.29, 1.82) is 0 Å². The van der Waals surface area contributed by atoms with Gasteiger partial charge in [0.25, 0.3) is 0 Å². The molecule has 3 atom stereocenters. The van der Waals surface area contributed by atoms with E-state index in [9.17, 15) is 0 Å². The number of allylic oxidation sites excluding steroid dienone is 1. The highest BCUT2D eigenvalue weighted by Crippen LogP contribution is 2.27. The van der Waals surface area contributed by atoms with E-state index in [4.69, 9.17) is 0 Å². The van der Waals surface area contributed by atoms with E-state index < -0.39 is 0 Å². The van der Waals surface area contributed by atoms with Gasteiger partial charge >= 0.3 is 0 Å². The molecule has 0 heterocycles. The van der Waals surface area contributed by atoms with Gasteiger partial charge in [-0.05, 0) is 42.7 Å². The number of rotatable bonds is 4. The van der Waals surface area contributed by atoms with Crippen LogP contribution in [-0.2, 0) is 0 Å². The largest absolute Gasteiger partial charge is 0.129 e. The Balaban J connectivity index is 2.28. The number of hydrogen-bond donors (Lipinski definition) is 0. The Kier molecular flexibility index (Phi) is 3.62. The predicted octanol–water partition coefficient (Wildman–Crippen LogP) is 3.79. The zero-order valence-electron chi connectivity index (χ0n) is 8.51. The summed E-state index contributed by atoms with van der Waals surface area (Å²) in [5.74, 6) is 2.50. The van der Waals surface area contributed by atoms with E-state index in [0.717, 1.165) is 17.8 Å². The summed E-state index contributed by atoms with van der Waals surface area (Å²) in [7, 11) is 0. The first-order valence-corrected chi connectivity index (χ1v) is 5.15. The molecule has 0 N–H and O–H groups in total. The minimum Gasteiger partial charge on any atom is -0.129 e. The maximum atomic E-state index is 3.19. The quantitative estimate of drug-likeness (QED) is 0.554. The molecule has 1 aliphatic carbocycles. The Morgan fingerprint density at radius 1 is 1.50 bits per heavy atom. The highest BCUT2D eigenvalue weighted by Gasteiger charge is 2.17. The monoisotopic (exact) mass is 164 g/mol. The first-order chi connectivity index (χ1) is 5.74. The molecule has 0 saturated carbocycles. The third-order valence-corrected chi connectivity index (χ3v) is 3.02. The third kappa shape index (κ3) is 2.53. The zero-order chi connectivity index (χ0) is 8.97. The fourth-order valence-electron chi connectivity index (χ4n) is 1.84. The molecular weight excluding hydrogens is 144 g/mol. The Morgan fingerprint density at radius 3 is 2.75 bits per heavy atom. The van der Waals surface area contributed by atoms with Gasteiger partial charge in [-0.3, -0.25) is 0 Å². The van der Waals surface area contributed by atoms with Gasteiger partial charge in [0, 0.05) is 0 Å². The van der Waals surface area contributed by atoms with Crippen molar-refractivity contribution in [3.05, 3.63) is 17.9 Å². The lowest BCUT2D eigenvalue weighted by atomic mass is 9.85. The predicted molar refractivity (Wildman–Crippen MR) is 54.0 cm³/mol. The SMILES string of the molecule is CCC(C)CC(C)C1C=C=CC1. The molecule has 12 heavy (non-hydrogen) atoms. The highest BCUT2D eigenvalue weighted by molar-refractivity contribution is 5.01. The van der Waals surface area contributed by atoms with Crippen molar-refractivity contribution < 1.29 is 0 Å². The molecular formula is C12H20. The Hall–Kier alpha value is -0.480. The maximum Gasteiger partial charge on any atom is -0.00911 e. The summed E-state index contributed by atoms with van der Waals surface area (Å²) in [6.45, 7) is 7.00. The fourth-order valence-corrected chi connectivity index (χ4v) is 1.84. The molecule has 0 saturated heterocycles. The third-order valence-electron chi connectivity index (χ3n) is 3.02. The summed E-state index contributed by atoms with van der Waals surface area (Å²) >= 11 is 0. The summed E-state index contributed by atoms with van der Waals surface area (Å²) in [5.41, 5.74) is 3.19. The van der Waals surface area contributed by atoms with Gasteiger partial charge in [-0.2, -0.15) is 0 Å². The van der Waals surface area contributed by atoms with Gasteiger partial charge in [-0.1, -0.05) is 27.2 Å². The van der Waals surface area contributed by atoms with Crippen LogP contribution in [0.5, 0.6) is 0 Å². The van der Waals surface area contributed by atoms with Crippen molar-refractivity contribution in [1.82, 2.24) is 0 Å². The molecule has 0 fully saturated rings. The topological polar surface area (TPSA) is 0 Å². The summed E-state index contributed by atoms with van der Waals surface area (Å²) in [4.78, 5) is 0. The average molecular weight is 164 g/mol. The first kappa shape index (κ1) is 9.61. The van der Waals surface area contributed by atoms with Crippen LogP contribution in [0, 0.1) is 17.8 Å². The second-order valence-corrected chi connectivity index (χ2v) is 4.16. The van der Waals surface area contributed by atoms with Gasteiger partial charge in [-0.15, -0.1) is 5.73 Å². The molecule has 1 rings (SSSR count). The lowest BCUT2D eigenvalue weighted by Gasteiger charge is -2.20. The van der Waals surface area contributed by atoms with Crippen LogP contribution >= 0.6 is 0 Å². The van der Waals surface area contributed by atoms with Gasteiger partial charge < -0.3 is 0 Å². The second-order valence-electron chi connectivity index (χ2n) is 4.16. The van der Waals surface area contributed by atoms with Crippen LogP contribution < -0.4 is 0 Å². The molecule has 0 spiro atoms. The molecule has 1 aliphatic rings. The standard InChI is InChI=1S/C12H20/c1-4-10(2)9-11(3)12-7-5-6-8-12/h5,8,10-12H,4,7,9H2,1-3H3. The molecule has 0 amide bonds. The summed E-state index contributed by atoms with van der Waals surface area (Å²) < 4.78 is 0. The fraction of sp³-hybridized carbons (Fsp3) is 0.750. The van der Waals surface area contributed by atoms with Gasteiger partial charge in [0.1, 0.15) is 0 Å². The second kappa shape index (κ2) is 4.52. The van der Waals surface area contributed by atoms with Crippen LogP contribution in [0.15, 0.2) is 17.9 Å². The Bertz CT molecular complexity index is 184. The summed E-state index contributed by atoms with van der Waals surface area (Å²) in [6, 6.07) is 0. The van der Waals surface area contributed by atoms with Crippen LogP contribution in [0.3, 0.4) is 0 Å². The minimum atomic E-state index is 0.777. The zero-order valence-corrected chi connectivity index (χ0v) is 8.51. The lowest BCUT2D eigenvalue weighted by Crippen LogP contribution is -2.10. The normalized spacial score (nSPS) is 26.1. The van der Waals surface area contributed by atoms with Crippen LogP contribution in [0.1, 0.15) is 40.0 Å². The molecule has 68 valence electrons. The molecule has 0 aromatic carbocycles. The van der Waals surface area contributed by atoms with E-state index in [-0.39, 0.29) is 0 Å². The highest BCUT2D eigenvalue weighted by atomic mass is 14.2. The van der Waals surface area contributed by atoms with Crippen LogP contribution in [0.2, 0.25) is 0 Å². The van der Waals surface area contributed by atoms with Crippen LogP contribution in [0.4, 0.5) is 0 Å². The van der Waals surface area contributed by atoms with E-state index >= 15 is 0 Å². The molecule has 0 nitrogen and oxygen atoms in total. The average Bonchev–Trinajstić information content (AvgIpc) is 2.56. The molecule has 0 heteroatoms. The molecule has 0 radical (unpaired) electrons. The van der Waals surface area contributed by atoms with Crippen molar-refractivity contribution in [2.24, 2.45) is 17.8 Å². The van der Waals surface area contributed by atoms with Gasteiger partial charge in [0.2, 0.25) is 0 Å². The van der Waals surface area contributed by atoms with Crippen molar-refractivity contribution in [2.45, 2.75) is 40.0 Å². The lowest BCUT2D eigenvalue weighted by molar-refractivity contribution is 0.338. The molecule has 0 aliphatic heterocycles. The molecule has 0 aromatic heterocycles. The Labute approximate surface area is 76.4 Å². The molecule has 3 unspecified atom stereocenters. The van der Waals surface area contributed by atoms with Crippen LogP contribution in [0.25, 0.3) is 0 Å². The summed E-state index contributed by atoms with van der Waals surface area (Å²) in [5, 5.41) is 0. The van der Waals surface area contributed by atoms with Crippen molar-refractivity contribution >= 4 is 0 Å². The molecule has 0 aromatic rings. The summed E-state index contributed by atoms with van der Waals surface area (Å²) in [6.07, 6.45) is 8.31.